The number of ether oxygens (including phenoxy) is 1. The molecule has 0 bridgehead atoms. The zero-order valence-corrected chi connectivity index (χ0v) is 13.2. The smallest absolute Gasteiger partial charge is 0.335 e. The molecule has 2 aromatic carbocycles. The number of carbonyl (C=O) groups excluding carboxylic acids is 1. The molecule has 0 fully saturated rings. The zero-order valence-electron chi connectivity index (χ0n) is 13.2. The van der Waals surface area contributed by atoms with Crippen molar-refractivity contribution < 1.29 is 23.8 Å². The van der Waals surface area contributed by atoms with E-state index < -0.39 is 11.9 Å². The number of methoxy groups -OCH3 is 1. The molecule has 7 heteroatoms. The number of hydrogen-bond donors (Lipinski definition) is 2. The third-order valence-corrected chi connectivity index (χ3v) is 3.56. The van der Waals surface area contributed by atoms with E-state index in [4.69, 9.17) is 20.0 Å². The Bertz CT molecular complexity index is 1040. The number of hydrogen-bond acceptors (Lipinski definition) is 5. The van der Waals surface area contributed by atoms with Crippen LogP contribution in [-0.4, -0.2) is 24.1 Å². The average molecular weight is 338 g/mol. The first-order valence-electron chi connectivity index (χ1n) is 7.28. The summed E-state index contributed by atoms with van der Waals surface area (Å²) >= 11 is 0. The standard InChI is InChI=1S/C18H14N2O5/c1-24-13-5-3-12(4-6-13)20-17-14(16(19)21)9-11-8-10(18(22)23)2-7-15(11)25-17/h2-9H,1H3,(H2,19,21)(H,22,23)/b20-17-. The molecule has 7 nitrogen and oxygen atoms in total. The molecule has 0 atom stereocenters. The lowest BCUT2D eigenvalue weighted by Gasteiger charge is -2.04. The Morgan fingerprint density at radius 3 is 2.44 bits per heavy atom. The molecule has 1 aromatic heterocycles. The van der Waals surface area contributed by atoms with Crippen molar-refractivity contribution in [3.63, 3.8) is 0 Å². The van der Waals surface area contributed by atoms with Crippen LogP contribution in [0.5, 0.6) is 5.75 Å². The summed E-state index contributed by atoms with van der Waals surface area (Å²) in [5.74, 6) is -1.13. The molecule has 0 saturated carbocycles. The number of fused-ring (bicyclic) bond motifs is 1. The molecule has 1 amide bonds. The number of rotatable bonds is 4. The van der Waals surface area contributed by atoms with Crippen LogP contribution >= 0.6 is 0 Å². The molecule has 3 aromatic rings. The van der Waals surface area contributed by atoms with E-state index in [1.165, 1.54) is 24.3 Å². The summed E-state index contributed by atoms with van der Waals surface area (Å²) < 4.78 is 10.7. The maximum atomic E-state index is 11.7. The maximum Gasteiger partial charge on any atom is 0.335 e. The molecule has 3 N–H and O–H groups in total. The second-order valence-electron chi connectivity index (χ2n) is 5.20. The third-order valence-electron chi connectivity index (χ3n) is 3.56. The van der Waals surface area contributed by atoms with E-state index in [0.29, 0.717) is 22.4 Å². The number of primary amides is 1. The predicted molar refractivity (Wildman–Crippen MR) is 89.9 cm³/mol. The van der Waals surface area contributed by atoms with Crippen LogP contribution in [0.2, 0.25) is 0 Å². The molecule has 0 radical (unpaired) electrons. The van der Waals surface area contributed by atoms with Crippen LogP contribution < -0.4 is 16.0 Å². The molecule has 0 aliphatic carbocycles. The Labute approximate surface area is 142 Å². The molecule has 25 heavy (non-hydrogen) atoms. The first-order valence-corrected chi connectivity index (χ1v) is 7.28. The number of carbonyl (C=O) groups is 2. The fraction of sp³-hybridized carbons (Fsp3) is 0.0556. The fourth-order valence-electron chi connectivity index (χ4n) is 2.30. The number of carboxylic acids is 1. The van der Waals surface area contributed by atoms with Crippen molar-refractivity contribution in [2.75, 3.05) is 7.11 Å². The van der Waals surface area contributed by atoms with E-state index in [0.717, 1.165) is 0 Å². The van der Waals surface area contributed by atoms with Crippen LogP contribution in [0.25, 0.3) is 11.0 Å². The van der Waals surface area contributed by atoms with Crippen LogP contribution in [-0.2, 0) is 0 Å². The molecule has 0 aliphatic heterocycles. The first-order chi connectivity index (χ1) is 12.0. The van der Waals surface area contributed by atoms with Gasteiger partial charge in [0, 0.05) is 5.39 Å². The lowest BCUT2D eigenvalue weighted by atomic mass is 10.1. The molecule has 0 unspecified atom stereocenters. The molecule has 0 saturated heterocycles. The Morgan fingerprint density at radius 1 is 1.12 bits per heavy atom. The van der Waals surface area contributed by atoms with Gasteiger partial charge in [-0.3, -0.25) is 4.79 Å². The van der Waals surface area contributed by atoms with Gasteiger partial charge in [0.05, 0.1) is 18.4 Å². The Balaban J connectivity index is 2.20. The normalized spacial score (nSPS) is 11.5. The number of carboxylic acid groups (broad SMARTS) is 1. The highest BCUT2D eigenvalue weighted by Crippen LogP contribution is 2.19. The van der Waals surface area contributed by atoms with Gasteiger partial charge in [0.2, 0.25) is 5.55 Å². The highest BCUT2D eigenvalue weighted by Gasteiger charge is 2.11. The van der Waals surface area contributed by atoms with Gasteiger partial charge in [0.1, 0.15) is 16.9 Å². The van der Waals surface area contributed by atoms with Gasteiger partial charge in [-0.05, 0) is 48.5 Å². The van der Waals surface area contributed by atoms with Crippen molar-refractivity contribution in [3.05, 3.63) is 65.2 Å². The van der Waals surface area contributed by atoms with Gasteiger partial charge in [-0.2, -0.15) is 0 Å². The Morgan fingerprint density at radius 2 is 1.84 bits per heavy atom. The summed E-state index contributed by atoms with van der Waals surface area (Å²) in [4.78, 5) is 27.1. The minimum Gasteiger partial charge on any atom is -0.497 e. The van der Waals surface area contributed by atoms with E-state index in [-0.39, 0.29) is 16.7 Å². The molecular weight excluding hydrogens is 324 g/mol. The van der Waals surface area contributed by atoms with Gasteiger partial charge in [0.15, 0.2) is 0 Å². The molecule has 0 spiro atoms. The van der Waals surface area contributed by atoms with E-state index in [1.807, 2.05) is 0 Å². The van der Waals surface area contributed by atoms with Crippen molar-refractivity contribution in [1.29, 1.82) is 0 Å². The SMILES string of the molecule is COc1ccc(/N=c2\oc3ccc(C(=O)O)cc3cc2C(N)=O)cc1. The van der Waals surface area contributed by atoms with E-state index in [2.05, 4.69) is 4.99 Å². The number of nitrogens with two attached hydrogens (primary N) is 1. The van der Waals surface area contributed by atoms with Crippen LogP contribution in [0.15, 0.2) is 57.9 Å². The lowest BCUT2D eigenvalue weighted by Crippen LogP contribution is -2.21. The summed E-state index contributed by atoms with van der Waals surface area (Å²) in [5, 5.41) is 9.51. The zero-order chi connectivity index (χ0) is 18.0. The topological polar surface area (TPSA) is 115 Å². The van der Waals surface area contributed by atoms with Gasteiger partial charge < -0.3 is 20.0 Å². The van der Waals surface area contributed by atoms with Crippen LogP contribution in [0, 0.1) is 0 Å². The highest BCUT2D eigenvalue weighted by molar-refractivity contribution is 5.97. The Hall–Kier alpha value is -3.61. The first kappa shape index (κ1) is 16.3. The Kier molecular flexibility index (Phi) is 4.21. The average Bonchev–Trinajstić information content (AvgIpc) is 2.61. The van der Waals surface area contributed by atoms with Crippen molar-refractivity contribution in [3.8, 4) is 5.75 Å². The summed E-state index contributed by atoms with van der Waals surface area (Å²) in [6.45, 7) is 0. The van der Waals surface area contributed by atoms with Crippen molar-refractivity contribution >= 4 is 28.5 Å². The maximum absolute atomic E-state index is 11.7. The van der Waals surface area contributed by atoms with Crippen molar-refractivity contribution in [2.45, 2.75) is 0 Å². The summed E-state index contributed by atoms with van der Waals surface area (Å²) in [7, 11) is 1.56. The lowest BCUT2D eigenvalue weighted by molar-refractivity contribution is 0.0697. The van der Waals surface area contributed by atoms with Crippen LogP contribution in [0.3, 0.4) is 0 Å². The predicted octanol–water partition coefficient (Wildman–Crippen LogP) is 2.47. The number of benzene rings is 2. The quantitative estimate of drug-likeness (QED) is 0.758. The summed E-state index contributed by atoms with van der Waals surface area (Å²) in [6.07, 6.45) is 0. The van der Waals surface area contributed by atoms with E-state index in [9.17, 15) is 9.59 Å². The number of nitrogens with zero attached hydrogens (tertiary/aromatic N) is 1. The van der Waals surface area contributed by atoms with Crippen LogP contribution in [0.1, 0.15) is 20.7 Å². The van der Waals surface area contributed by atoms with Crippen LogP contribution in [0.4, 0.5) is 5.69 Å². The van der Waals surface area contributed by atoms with Crippen molar-refractivity contribution in [2.24, 2.45) is 10.7 Å². The molecular formula is C18H14N2O5. The second kappa shape index (κ2) is 6.48. The molecule has 1 heterocycles. The third kappa shape index (κ3) is 3.35. The highest BCUT2D eigenvalue weighted by atomic mass is 16.5. The van der Waals surface area contributed by atoms with Gasteiger partial charge in [-0.15, -0.1) is 0 Å². The fourth-order valence-corrected chi connectivity index (χ4v) is 2.30. The molecule has 126 valence electrons. The number of amides is 1. The monoisotopic (exact) mass is 338 g/mol. The van der Waals surface area contributed by atoms with Gasteiger partial charge >= 0.3 is 5.97 Å². The molecule has 3 rings (SSSR count). The summed E-state index contributed by atoms with van der Waals surface area (Å²) in [5.41, 5.74) is 6.54. The number of aromatic carboxylic acids is 1. The minimum atomic E-state index is -1.07. The van der Waals surface area contributed by atoms with E-state index >= 15 is 0 Å². The second-order valence-corrected chi connectivity index (χ2v) is 5.20. The minimum absolute atomic E-state index is 0.0493. The largest absolute Gasteiger partial charge is 0.497 e. The summed E-state index contributed by atoms with van der Waals surface area (Å²) in [6, 6.07) is 12.7. The van der Waals surface area contributed by atoms with Gasteiger partial charge in [-0.1, -0.05) is 0 Å². The van der Waals surface area contributed by atoms with E-state index in [1.54, 1.807) is 31.4 Å². The van der Waals surface area contributed by atoms with Gasteiger partial charge in [-0.25, -0.2) is 9.79 Å². The molecule has 0 aliphatic rings. The van der Waals surface area contributed by atoms with Gasteiger partial charge in [0.25, 0.3) is 5.91 Å². The van der Waals surface area contributed by atoms with Crippen molar-refractivity contribution in [1.82, 2.24) is 0 Å².